The summed E-state index contributed by atoms with van der Waals surface area (Å²) in [6.45, 7) is 0.389. The second-order valence-corrected chi connectivity index (χ2v) is 4.91. The summed E-state index contributed by atoms with van der Waals surface area (Å²) < 4.78 is 9.33. The molecule has 0 saturated heterocycles. The normalized spacial score (nSPS) is 11.3. The number of aromatic nitrogens is 5. The van der Waals surface area contributed by atoms with Gasteiger partial charge in [0.2, 0.25) is 0 Å². The number of rotatable bonds is 4. The zero-order valence-corrected chi connectivity index (χ0v) is 11.6. The molecule has 4 aromatic rings. The molecule has 1 aromatic carbocycles. The van der Waals surface area contributed by atoms with Crippen LogP contribution < -0.4 is 0 Å². The van der Waals surface area contributed by atoms with Crippen molar-refractivity contribution >= 4 is 10.9 Å². The van der Waals surface area contributed by atoms with E-state index < -0.39 is 0 Å². The maximum atomic E-state index is 9.15. The number of benzene rings is 1. The van der Waals surface area contributed by atoms with E-state index in [-0.39, 0.29) is 6.61 Å². The Morgan fingerprint density at radius 3 is 2.64 bits per heavy atom. The van der Waals surface area contributed by atoms with Crippen LogP contribution in [0.4, 0.5) is 0 Å². The van der Waals surface area contributed by atoms with Crippen LogP contribution >= 0.6 is 0 Å². The van der Waals surface area contributed by atoms with Crippen LogP contribution in [0.1, 0.15) is 5.76 Å². The van der Waals surface area contributed by atoms with Gasteiger partial charge in [-0.3, -0.25) is 4.57 Å². The summed E-state index contributed by atoms with van der Waals surface area (Å²) in [7, 11) is 0. The molecule has 0 bridgehead atoms. The summed E-state index contributed by atoms with van der Waals surface area (Å²) in [6.07, 6.45) is 3.29. The lowest BCUT2D eigenvalue weighted by atomic mass is 10.2. The summed E-state index contributed by atoms with van der Waals surface area (Å²) in [5, 5.41) is 22.4. The monoisotopic (exact) mass is 295 g/mol. The largest absolute Gasteiger partial charge is 0.457 e. The summed E-state index contributed by atoms with van der Waals surface area (Å²) in [4.78, 5) is 0. The molecule has 0 radical (unpaired) electrons. The fourth-order valence-electron chi connectivity index (χ4n) is 2.46. The van der Waals surface area contributed by atoms with Crippen LogP contribution in [0.2, 0.25) is 0 Å². The van der Waals surface area contributed by atoms with E-state index in [1.54, 1.807) is 18.7 Å². The van der Waals surface area contributed by atoms with E-state index in [9.17, 15) is 0 Å². The van der Waals surface area contributed by atoms with Gasteiger partial charge in [-0.05, 0) is 18.2 Å². The lowest BCUT2D eigenvalue weighted by Gasteiger charge is -2.02. The van der Waals surface area contributed by atoms with Gasteiger partial charge in [-0.25, -0.2) is 4.68 Å². The summed E-state index contributed by atoms with van der Waals surface area (Å²) in [5.41, 5.74) is 1.75. The molecule has 0 unspecified atom stereocenters. The van der Waals surface area contributed by atoms with E-state index in [2.05, 4.69) is 15.3 Å². The number of para-hydroxylation sites is 1. The predicted octanol–water partition coefficient (Wildman–Crippen LogP) is 1.89. The van der Waals surface area contributed by atoms with Crippen molar-refractivity contribution in [3.8, 4) is 11.5 Å². The van der Waals surface area contributed by atoms with Crippen molar-refractivity contribution in [3.05, 3.63) is 54.8 Å². The van der Waals surface area contributed by atoms with Gasteiger partial charge < -0.3 is 9.52 Å². The molecular weight excluding hydrogens is 282 g/mol. The first-order chi connectivity index (χ1) is 10.8. The minimum absolute atomic E-state index is 0.126. The summed E-state index contributed by atoms with van der Waals surface area (Å²) >= 11 is 0. The Bertz CT molecular complexity index is 907. The van der Waals surface area contributed by atoms with Crippen molar-refractivity contribution in [2.24, 2.45) is 0 Å². The Kier molecular flexibility index (Phi) is 2.97. The van der Waals surface area contributed by atoms with E-state index in [4.69, 9.17) is 9.52 Å². The molecule has 1 N–H and O–H groups in total. The second-order valence-electron chi connectivity index (χ2n) is 4.91. The highest BCUT2D eigenvalue weighted by atomic mass is 16.4. The maximum Gasteiger partial charge on any atom is 0.155 e. The van der Waals surface area contributed by atoms with Crippen molar-refractivity contribution < 1.29 is 9.52 Å². The highest BCUT2D eigenvalue weighted by molar-refractivity contribution is 5.92. The molecule has 0 aliphatic rings. The first-order valence-corrected chi connectivity index (χ1v) is 6.83. The van der Waals surface area contributed by atoms with Crippen LogP contribution in [-0.2, 0) is 13.3 Å². The van der Waals surface area contributed by atoms with Crippen molar-refractivity contribution in [1.29, 1.82) is 0 Å². The molecule has 22 heavy (non-hydrogen) atoms. The SMILES string of the molecule is OCc1ccc(-c2nn(Cn3cnnc3)c3ccccc23)o1. The first kappa shape index (κ1) is 12.8. The van der Waals surface area contributed by atoms with Crippen LogP contribution in [-0.4, -0.2) is 29.7 Å². The van der Waals surface area contributed by atoms with Crippen LogP contribution in [0.5, 0.6) is 0 Å². The molecule has 0 fully saturated rings. The van der Waals surface area contributed by atoms with Crippen molar-refractivity contribution in [2.75, 3.05) is 0 Å². The van der Waals surface area contributed by atoms with E-state index in [1.165, 1.54) is 0 Å². The number of aliphatic hydroxyl groups excluding tert-OH is 1. The van der Waals surface area contributed by atoms with Gasteiger partial charge in [-0.1, -0.05) is 18.2 Å². The zero-order valence-electron chi connectivity index (χ0n) is 11.6. The highest BCUT2D eigenvalue weighted by Gasteiger charge is 2.15. The Morgan fingerprint density at radius 2 is 1.86 bits per heavy atom. The molecule has 0 atom stereocenters. The van der Waals surface area contributed by atoms with Crippen LogP contribution in [0.15, 0.2) is 53.5 Å². The number of nitrogens with zero attached hydrogens (tertiary/aromatic N) is 5. The van der Waals surface area contributed by atoms with Gasteiger partial charge in [0.25, 0.3) is 0 Å². The molecule has 7 heteroatoms. The van der Waals surface area contributed by atoms with Crippen LogP contribution in [0.3, 0.4) is 0 Å². The van der Waals surface area contributed by atoms with Gasteiger partial charge in [0.15, 0.2) is 5.76 Å². The Balaban J connectivity index is 1.85. The lowest BCUT2D eigenvalue weighted by molar-refractivity contribution is 0.248. The van der Waals surface area contributed by atoms with Crippen LogP contribution in [0.25, 0.3) is 22.4 Å². The summed E-state index contributed by atoms with van der Waals surface area (Å²) in [6, 6.07) is 11.5. The number of hydrogen-bond donors (Lipinski definition) is 1. The molecular formula is C15H13N5O2. The second kappa shape index (κ2) is 5.12. The number of fused-ring (bicyclic) bond motifs is 1. The van der Waals surface area contributed by atoms with Gasteiger partial charge in [-0.15, -0.1) is 10.2 Å². The van der Waals surface area contributed by atoms with E-state index in [0.29, 0.717) is 18.2 Å². The lowest BCUT2D eigenvalue weighted by Crippen LogP contribution is -2.07. The average Bonchev–Trinajstić information content (AvgIpc) is 3.27. The molecule has 4 rings (SSSR count). The number of aliphatic hydroxyl groups is 1. The van der Waals surface area contributed by atoms with Gasteiger partial charge in [0, 0.05) is 5.39 Å². The number of furan rings is 1. The summed E-state index contributed by atoms with van der Waals surface area (Å²) in [5.74, 6) is 1.16. The molecule has 0 spiro atoms. The van der Waals surface area contributed by atoms with Gasteiger partial charge in [0.1, 0.15) is 37.4 Å². The van der Waals surface area contributed by atoms with Gasteiger partial charge >= 0.3 is 0 Å². The molecule has 0 aliphatic heterocycles. The molecule has 0 saturated carbocycles. The molecule has 110 valence electrons. The predicted molar refractivity (Wildman–Crippen MR) is 78.8 cm³/mol. The van der Waals surface area contributed by atoms with Crippen LogP contribution in [0, 0.1) is 0 Å². The Labute approximate surface area is 125 Å². The number of hydrogen-bond acceptors (Lipinski definition) is 5. The smallest absolute Gasteiger partial charge is 0.155 e. The van der Waals surface area contributed by atoms with E-state index in [0.717, 1.165) is 16.6 Å². The van der Waals surface area contributed by atoms with Gasteiger partial charge in [-0.2, -0.15) is 5.10 Å². The third-order valence-corrected chi connectivity index (χ3v) is 3.47. The molecule has 7 nitrogen and oxygen atoms in total. The zero-order chi connectivity index (χ0) is 14.9. The topological polar surface area (TPSA) is 81.9 Å². The minimum Gasteiger partial charge on any atom is -0.457 e. The third kappa shape index (κ3) is 2.08. The fraction of sp³-hybridized carbons (Fsp3) is 0.133. The van der Waals surface area contributed by atoms with Crippen molar-refractivity contribution in [1.82, 2.24) is 24.5 Å². The van der Waals surface area contributed by atoms with Crippen molar-refractivity contribution in [3.63, 3.8) is 0 Å². The quantitative estimate of drug-likeness (QED) is 0.621. The van der Waals surface area contributed by atoms with E-state index >= 15 is 0 Å². The maximum absolute atomic E-state index is 9.15. The molecule has 3 aromatic heterocycles. The highest BCUT2D eigenvalue weighted by Crippen LogP contribution is 2.29. The molecule has 0 aliphatic carbocycles. The fourth-order valence-corrected chi connectivity index (χ4v) is 2.46. The van der Waals surface area contributed by atoms with Crippen molar-refractivity contribution in [2.45, 2.75) is 13.3 Å². The average molecular weight is 295 g/mol. The Hall–Kier alpha value is -2.93. The Morgan fingerprint density at radius 1 is 1.05 bits per heavy atom. The molecule has 3 heterocycles. The molecule has 0 amide bonds. The standard InChI is InChI=1S/C15H13N5O2/c21-7-11-5-6-14(22-11)15-12-3-1-2-4-13(12)20(18-15)10-19-8-16-17-9-19/h1-6,8-9,21H,7,10H2. The third-order valence-electron chi connectivity index (χ3n) is 3.47. The van der Waals surface area contributed by atoms with Gasteiger partial charge in [0.05, 0.1) is 5.52 Å². The van der Waals surface area contributed by atoms with E-state index in [1.807, 2.05) is 39.6 Å². The minimum atomic E-state index is -0.126. The first-order valence-electron chi connectivity index (χ1n) is 6.83.